The summed E-state index contributed by atoms with van der Waals surface area (Å²) >= 11 is 6.30. The largest absolute Gasteiger partial charge is 0.489 e. The lowest BCUT2D eigenvalue weighted by Crippen LogP contribution is -2.40. The number of nitrogens with zero attached hydrogens (tertiary/aromatic N) is 3. The van der Waals surface area contributed by atoms with Gasteiger partial charge in [-0.3, -0.25) is 4.79 Å². The van der Waals surface area contributed by atoms with Gasteiger partial charge in [-0.1, -0.05) is 29.6 Å². The van der Waals surface area contributed by atoms with E-state index in [0.717, 1.165) is 38.5 Å². The van der Waals surface area contributed by atoms with E-state index in [9.17, 15) is 9.18 Å². The molecule has 1 saturated carbocycles. The van der Waals surface area contributed by atoms with Crippen LogP contribution in [-0.2, 0) is 4.79 Å². The Balaban J connectivity index is 1.39. The molecule has 1 aromatic heterocycles. The SMILES string of the molecule is N[C@@H](CO)COc1cc(Cl)c(-c2noc(C3CCN(C(=O)C4CCCC4)CC3)n2)cc1F. The quantitative estimate of drug-likeness (QED) is 0.644. The molecule has 0 unspecified atom stereocenters. The van der Waals surface area contributed by atoms with Crippen LogP contribution >= 0.6 is 11.6 Å². The number of carbonyl (C=O) groups excluding carboxylic acids is 1. The van der Waals surface area contributed by atoms with Crippen molar-refractivity contribution < 1.29 is 23.6 Å². The maximum absolute atomic E-state index is 14.5. The first kappa shape index (κ1) is 22.9. The van der Waals surface area contributed by atoms with Gasteiger partial charge in [0.25, 0.3) is 0 Å². The number of aliphatic hydroxyl groups is 1. The lowest BCUT2D eigenvalue weighted by molar-refractivity contribution is -0.136. The number of likely N-dealkylation sites (tertiary alicyclic amines) is 1. The third-order valence-electron chi connectivity index (χ3n) is 6.25. The normalized spacial score (nSPS) is 18.8. The molecule has 4 rings (SSSR count). The van der Waals surface area contributed by atoms with Gasteiger partial charge < -0.3 is 25.0 Å². The Kier molecular flexibility index (Phi) is 7.27. The van der Waals surface area contributed by atoms with Gasteiger partial charge in [-0.25, -0.2) is 4.39 Å². The maximum atomic E-state index is 14.5. The molecule has 1 saturated heterocycles. The molecule has 2 aliphatic rings. The number of rotatable bonds is 7. The van der Waals surface area contributed by atoms with Crippen LogP contribution in [0.4, 0.5) is 4.39 Å². The summed E-state index contributed by atoms with van der Waals surface area (Å²) in [7, 11) is 0. The molecule has 1 aliphatic heterocycles. The number of hydrogen-bond donors (Lipinski definition) is 2. The Bertz CT molecular complexity index is 942. The first-order valence-corrected chi connectivity index (χ1v) is 11.4. The number of hydrogen-bond acceptors (Lipinski definition) is 7. The monoisotopic (exact) mass is 466 g/mol. The van der Waals surface area contributed by atoms with Crippen molar-refractivity contribution in [1.29, 1.82) is 0 Å². The molecule has 0 spiro atoms. The minimum Gasteiger partial charge on any atom is -0.489 e. The van der Waals surface area contributed by atoms with Crippen molar-refractivity contribution in [2.24, 2.45) is 11.7 Å². The average Bonchev–Trinajstić information content (AvgIpc) is 3.51. The molecule has 1 aliphatic carbocycles. The highest BCUT2D eigenvalue weighted by Crippen LogP contribution is 2.35. The fourth-order valence-corrected chi connectivity index (χ4v) is 4.59. The standard InChI is InChI=1S/C22H28ClFN4O4/c23-17-10-19(31-12-15(25)11-29)18(24)9-16(17)20-26-21(32-27-20)13-5-7-28(8-6-13)22(30)14-3-1-2-4-14/h9-10,13-15,29H,1-8,11-12,25H2/t15-/m0/s1. The van der Waals surface area contributed by atoms with Gasteiger partial charge in [-0.05, 0) is 31.7 Å². The van der Waals surface area contributed by atoms with Gasteiger partial charge in [0.2, 0.25) is 17.6 Å². The van der Waals surface area contributed by atoms with Crippen molar-refractivity contribution in [3.63, 3.8) is 0 Å². The molecule has 1 amide bonds. The lowest BCUT2D eigenvalue weighted by atomic mass is 9.95. The second kappa shape index (κ2) is 10.1. The molecule has 2 heterocycles. The summed E-state index contributed by atoms with van der Waals surface area (Å²) < 4.78 is 25.2. The molecule has 8 nitrogen and oxygen atoms in total. The van der Waals surface area contributed by atoms with E-state index in [0.29, 0.717) is 24.5 Å². The molecule has 3 N–H and O–H groups in total. The molecule has 174 valence electrons. The van der Waals surface area contributed by atoms with Gasteiger partial charge in [0.05, 0.1) is 17.7 Å². The highest BCUT2D eigenvalue weighted by atomic mass is 35.5. The van der Waals surface area contributed by atoms with E-state index in [4.69, 9.17) is 31.7 Å². The molecule has 1 atom stereocenters. The topological polar surface area (TPSA) is 115 Å². The van der Waals surface area contributed by atoms with E-state index >= 15 is 0 Å². The van der Waals surface area contributed by atoms with E-state index in [1.54, 1.807) is 0 Å². The Labute approximate surface area is 190 Å². The predicted molar refractivity (Wildman–Crippen MR) is 116 cm³/mol. The molecule has 10 heteroatoms. The first-order valence-electron chi connectivity index (χ1n) is 11.1. The van der Waals surface area contributed by atoms with Crippen molar-refractivity contribution >= 4 is 17.5 Å². The van der Waals surface area contributed by atoms with Crippen LogP contribution in [0.1, 0.15) is 50.3 Å². The van der Waals surface area contributed by atoms with Crippen LogP contribution in [0.15, 0.2) is 16.7 Å². The van der Waals surface area contributed by atoms with Crippen molar-refractivity contribution in [3.8, 4) is 17.1 Å². The van der Waals surface area contributed by atoms with Gasteiger partial charge in [0.15, 0.2) is 11.6 Å². The van der Waals surface area contributed by atoms with E-state index in [2.05, 4.69) is 10.1 Å². The molecular weight excluding hydrogens is 439 g/mol. The molecular formula is C22H28ClFN4O4. The minimum atomic E-state index is -0.639. The van der Waals surface area contributed by atoms with Crippen LogP contribution < -0.4 is 10.5 Å². The molecule has 0 bridgehead atoms. The van der Waals surface area contributed by atoms with E-state index in [-0.39, 0.29) is 47.6 Å². The molecule has 32 heavy (non-hydrogen) atoms. The molecule has 1 aromatic carbocycles. The van der Waals surface area contributed by atoms with Gasteiger partial charge >= 0.3 is 0 Å². The van der Waals surface area contributed by atoms with Crippen molar-refractivity contribution in [3.05, 3.63) is 28.9 Å². The summed E-state index contributed by atoms with van der Waals surface area (Å²) in [5, 5.41) is 13.2. The summed E-state index contributed by atoms with van der Waals surface area (Å²) in [4.78, 5) is 19.0. The third-order valence-corrected chi connectivity index (χ3v) is 6.56. The highest BCUT2D eigenvalue weighted by Gasteiger charge is 2.32. The van der Waals surface area contributed by atoms with Crippen LogP contribution in [-0.4, -0.2) is 58.4 Å². The summed E-state index contributed by atoms with van der Waals surface area (Å²) in [5.74, 6) is 0.479. The van der Waals surface area contributed by atoms with Gasteiger partial charge in [0, 0.05) is 36.6 Å². The van der Waals surface area contributed by atoms with Crippen LogP contribution in [0, 0.1) is 11.7 Å². The zero-order valence-corrected chi connectivity index (χ0v) is 18.6. The second-order valence-electron chi connectivity index (χ2n) is 8.55. The van der Waals surface area contributed by atoms with Crippen LogP contribution in [0.5, 0.6) is 5.75 Å². The number of piperidine rings is 1. The van der Waals surface area contributed by atoms with Crippen molar-refractivity contribution in [2.45, 2.75) is 50.5 Å². The first-order chi connectivity index (χ1) is 15.5. The maximum Gasteiger partial charge on any atom is 0.230 e. The van der Waals surface area contributed by atoms with Crippen molar-refractivity contribution in [2.75, 3.05) is 26.3 Å². The Morgan fingerprint density at radius 3 is 2.72 bits per heavy atom. The van der Waals surface area contributed by atoms with Gasteiger partial charge in [-0.2, -0.15) is 4.98 Å². The summed E-state index contributed by atoms with van der Waals surface area (Å²) in [5.41, 5.74) is 5.87. The second-order valence-corrected chi connectivity index (χ2v) is 8.96. The highest BCUT2D eigenvalue weighted by molar-refractivity contribution is 6.33. The predicted octanol–water partition coefficient (Wildman–Crippen LogP) is 3.12. The molecule has 0 radical (unpaired) electrons. The summed E-state index contributed by atoms with van der Waals surface area (Å²) in [6.45, 7) is 1.04. The number of aliphatic hydroxyl groups excluding tert-OH is 1. The Hall–Kier alpha value is -2.23. The number of halogens is 2. The zero-order valence-electron chi connectivity index (χ0n) is 17.8. The zero-order chi connectivity index (χ0) is 22.7. The fourth-order valence-electron chi connectivity index (χ4n) is 4.35. The molecule has 2 fully saturated rings. The number of nitrogens with two attached hydrogens (primary N) is 1. The van der Waals surface area contributed by atoms with Crippen LogP contribution in [0.2, 0.25) is 5.02 Å². The number of benzene rings is 1. The third kappa shape index (κ3) is 5.05. The number of aromatic nitrogens is 2. The Morgan fingerprint density at radius 1 is 1.31 bits per heavy atom. The van der Waals surface area contributed by atoms with Gasteiger partial charge in [0.1, 0.15) is 6.61 Å². The fraction of sp³-hybridized carbons (Fsp3) is 0.591. The van der Waals surface area contributed by atoms with Crippen molar-refractivity contribution in [1.82, 2.24) is 15.0 Å². The van der Waals surface area contributed by atoms with Crippen LogP contribution in [0.3, 0.4) is 0 Å². The molecule has 2 aromatic rings. The van der Waals surface area contributed by atoms with Gasteiger partial charge in [-0.15, -0.1) is 0 Å². The smallest absolute Gasteiger partial charge is 0.230 e. The van der Waals surface area contributed by atoms with Crippen LogP contribution in [0.25, 0.3) is 11.4 Å². The summed E-state index contributed by atoms with van der Waals surface area (Å²) in [6.07, 6.45) is 5.79. The van der Waals surface area contributed by atoms with E-state index < -0.39 is 11.9 Å². The van der Waals surface area contributed by atoms with E-state index in [1.165, 1.54) is 12.1 Å². The number of ether oxygens (including phenoxy) is 1. The lowest BCUT2D eigenvalue weighted by Gasteiger charge is -2.32. The average molecular weight is 467 g/mol. The minimum absolute atomic E-state index is 0.0442. The van der Waals surface area contributed by atoms with E-state index in [1.807, 2.05) is 4.90 Å². The summed E-state index contributed by atoms with van der Waals surface area (Å²) in [6, 6.07) is 1.91. The number of amides is 1. The number of carbonyl (C=O) groups is 1. The Morgan fingerprint density at radius 2 is 2.03 bits per heavy atom.